The predicted octanol–water partition coefficient (Wildman–Crippen LogP) is 10.2. The van der Waals surface area contributed by atoms with E-state index >= 15 is 0 Å². The van der Waals surface area contributed by atoms with Crippen LogP contribution in [0.2, 0.25) is 0 Å². The van der Waals surface area contributed by atoms with E-state index in [9.17, 15) is 75.7 Å². The van der Waals surface area contributed by atoms with Gasteiger partial charge >= 0.3 is 5.97 Å². The van der Waals surface area contributed by atoms with Crippen LogP contribution in [0.5, 0.6) is 0 Å². The average Bonchev–Trinajstić information content (AvgIpc) is 0.755. The van der Waals surface area contributed by atoms with Gasteiger partial charge in [-0.25, -0.2) is 4.79 Å². The van der Waals surface area contributed by atoms with Crippen LogP contribution in [0.4, 0.5) is 0 Å². The van der Waals surface area contributed by atoms with Crippen molar-refractivity contribution >= 4 is 17.8 Å². The van der Waals surface area contributed by atoms with E-state index in [4.69, 9.17) is 28.4 Å². The molecule has 3 rings (SSSR count). The molecular weight excluding hydrogens is 1290 g/mol. The maximum absolute atomic E-state index is 13.5. The molecule has 23 nitrogen and oxygen atoms in total. The molecule has 3 heterocycles. The number of carbonyl (C=O) groups excluding carboxylic acids is 2. The Hall–Kier alpha value is -2.53. The smallest absolute Gasteiger partial charge is 0.364 e. The number of rotatable bonds is 63. The van der Waals surface area contributed by atoms with E-state index in [1.165, 1.54) is 231 Å². The highest BCUT2D eigenvalue weighted by molar-refractivity contribution is 5.77. The first-order valence-corrected chi connectivity index (χ1v) is 40.1. The Morgan fingerprint density at radius 2 is 0.930 bits per heavy atom. The summed E-state index contributed by atoms with van der Waals surface area (Å²) in [6, 6.07) is -2.61. The maximum Gasteiger partial charge on any atom is 0.364 e. The second kappa shape index (κ2) is 56.8. The number of aliphatic hydroxyl groups is 11. The lowest BCUT2D eigenvalue weighted by Crippen LogP contribution is -2.70. The van der Waals surface area contributed by atoms with Crippen LogP contribution in [0.1, 0.15) is 323 Å². The van der Waals surface area contributed by atoms with E-state index in [2.05, 4.69) is 24.5 Å². The molecule has 3 fully saturated rings. The number of carboxylic acid groups (broad SMARTS) is 1. The first kappa shape index (κ1) is 91.7. The number of aliphatic hydroxyl groups excluding tert-OH is 11. The number of aliphatic carboxylic acids is 1. The highest BCUT2D eigenvalue weighted by Gasteiger charge is 2.60. The van der Waals surface area contributed by atoms with Crippen molar-refractivity contribution in [2.75, 3.05) is 26.4 Å². The molecule has 0 bridgehead atoms. The Morgan fingerprint density at radius 1 is 0.520 bits per heavy atom. The SMILES string of the molecule is CCCCCCCCCCCCC/C=C/C(O)C(COC1OC(CO)C(OC2OC(CO)C(O)C(OC3(C(=O)O)CC(O)C(NC(C)=O)C(C(O)C(O)CO)O3)C2O)C(O)C1O)NC(=O)CCCCCCCCCCCCCCCCCCCCCCCCCCCCCCCCCCC. The Kier molecular flexibility index (Phi) is 52.0. The fourth-order valence-electron chi connectivity index (χ4n) is 14.1. The summed E-state index contributed by atoms with van der Waals surface area (Å²) in [6.07, 6.45) is 31.4. The number of carboxylic acids is 1. The van der Waals surface area contributed by atoms with Gasteiger partial charge in [0.05, 0.1) is 50.7 Å². The van der Waals surface area contributed by atoms with Crippen molar-refractivity contribution in [1.82, 2.24) is 10.6 Å². The minimum absolute atomic E-state index is 0.205. The van der Waals surface area contributed by atoms with Crippen LogP contribution in [0.25, 0.3) is 0 Å². The average molecular weight is 1430 g/mol. The van der Waals surface area contributed by atoms with Gasteiger partial charge in [0.2, 0.25) is 11.8 Å². The van der Waals surface area contributed by atoms with Gasteiger partial charge in [-0.3, -0.25) is 9.59 Å². The third-order valence-electron chi connectivity index (χ3n) is 20.5. The van der Waals surface area contributed by atoms with Crippen molar-refractivity contribution in [3.8, 4) is 0 Å². The molecule has 0 aliphatic carbocycles. The Labute approximate surface area is 601 Å². The van der Waals surface area contributed by atoms with Crippen molar-refractivity contribution in [1.29, 1.82) is 0 Å². The molecule has 0 aromatic carbocycles. The lowest BCUT2D eigenvalue weighted by molar-refractivity contribution is -0.386. The molecule has 0 spiro atoms. The first-order chi connectivity index (χ1) is 48.4. The zero-order valence-corrected chi connectivity index (χ0v) is 62.1. The highest BCUT2D eigenvalue weighted by atomic mass is 16.8. The summed E-state index contributed by atoms with van der Waals surface area (Å²) >= 11 is 0. The van der Waals surface area contributed by atoms with Crippen molar-refractivity contribution in [2.45, 2.75) is 432 Å². The van der Waals surface area contributed by atoms with Crippen LogP contribution < -0.4 is 10.6 Å². The second-order valence-corrected chi connectivity index (χ2v) is 29.3. The number of allylic oxidation sites excluding steroid dienone is 1. The fourth-order valence-corrected chi connectivity index (χ4v) is 14.1. The van der Waals surface area contributed by atoms with Gasteiger partial charge in [0, 0.05) is 19.8 Å². The molecule has 2 amide bonds. The third kappa shape index (κ3) is 37.1. The quantitative estimate of drug-likeness (QED) is 0.0199. The monoisotopic (exact) mass is 1430 g/mol. The van der Waals surface area contributed by atoms with Gasteiger partial charge < -0.3 is 100 Å². The molecule has 588 valence electrons. The molecule has 100 heavy (non-hydrogen) atoms. The molecule has 3 aliphatic heterocycles. The highest BCUT2D eigenvalue weighted by Crippen LogP contribution is 2.39. The van der Waals surface area contributed by atoms with E-state index in [0.29, 0.717) is 12.8 Å². The van der Waals surface area contributed by atoms with E-state index < -0.39 is 155 Å². The summed E-state index contributed by atoms with van der Waals surface area (Å²) in [5, 5.41) is 136. The van der Waals surface area contributed by atoms with Crippen LogP contribution in [0.15, 0.2) is 12.2 Å². The van der Waals surface area contributed by atoms with Crippen molar-refractivity contribution in [3.63, 3.8) is 0 Å². The Bertz CT molecular complexity index is 2050. The molecular formula is C77H144N2O21. The van der Waals surface area contributed by atoms with Crippen LogP contribution in [-0.4, -0.2) is 215 Å². The third-order valence-corrected chi connectivity index (χ3v) is 20.5. The number of carbonyl (C=O) groups is 3. The summed E-state index contributed by atoms with van der Waals surface area (Å²) < 4.78 is 34.8. The van der Waals surface area contributed by atoms with Gasteiger partial charge in [0.1, 0.15) is 67.1 Å². The minimum atomic E-state index is -3.08. The number of ether oxygens (including phenoxy) is 6. The summed E-state index contributed by atoms with van der Waals surface area (Å²) in [5.41, 5.74) is 0. The zero-order valence-electron chi connectivity index (χ0n) is 62.1. The lowest BCUT2D eigenvalue weighted by atomic mass is 9.88. The van der Waals surface area contributed by atoms with E-state index in [1.54, 1.807) is 6.08 Å². The zero-order chi connectivity index (χ0) is 73.2. The van der Waals surface area contributed by atoms with E-state index in [-0.39, 0.29) is 12.3 Å². The van der Waals surface area contributed by atoms with Crippen LogP contribution in [0, 0.1) is 0 Å². The number of unbranched alkanes of at least 4 members (excludes halogenated alkanes) is 43. The molecule has 0 radical (unpaired) electrons. The van der Waals surface area contributed by atoms with Crippen LogP contribution in [-0.2, 0) is 42.8 Å². The molecule has 3 aliphatic rings. The molecule has 18 unspecified atom stereocenters. The first-order valence-electron chi connectivity index (χ1n) is 40.1. The number of hydrogen-bond donors (Lipinski definition) is 14. The van der Waals surface area contributed by atoms with Gasteiger partial charge in [0.25, 0.3) is 5.79 Å². The van der Waals surface area contributed by atoms with E-state index in [0.717, 1.165) is 51.9 Å². The normalized spacial score (nSPS) is 27.0. The van der Waals surface area contributed by atoms with E-state index in [1.807, 2.05) is 6.08 Å². The molecule has 0 aromatic heterocycles. The molecule has 23 heteroatoms. The Balaban J connectivity index is 1.44. The topological polar surface area (TPSA) is 373 Å². The van der Waals surface area contributed by atoms with Gasteiger partial charge in [-0.2, -0.15) is 0 Å². The molecule has 3 saturated heterocycles. The molecule has 18 atom stereocenters. The summed E-state index contributed by atoms with van der Waals surface area (Å²) in [5.74, 6) is -6.13. The summed E-state index contributed by atoms with van der Waals surface area (Å²) in [4.78, 5) is 38.6. The predicted molar refractivity (Wildman–Crippen MR) is 385 cm³/mol. The number of hydrogen-bond acceptors (Lipinski definition) is 20. The van der Waals surface area contributed by atoms with Crippen molar-refractivity contribution in [2.24, 2.45) is 0 Å². The van der Waals surface area contributed by atoms with Gasteiger partial charge in [-0.1, -0.05) is 296 Å². The van der Waals surface area contributed by atoms with Crippen molar-refractivity contribution < 1.29 is 104 Å². The minimum Gasteiger partial charge on any atom is -0.477 e. The number of amides is 2. The summed E-state index contributed by atoms with van der Waals surface area (Å²) in [6.45, 7) is 2.17. The van der Waals surface area contributed by atoms with Gasteiger partial charge in [-0.15, -0.1) is 0 Å². The van der Waals surface area contributed by atoms with Gasteiger partial charge in [-0.05, 0) is 19.3 Å². The largest absolute Gasteiger partial charge is 0.477 e. The lowest BCUT2D eigenvalue weighted by Gasteiger charge is -2.50. The molecule has 14 N–H and O–H groups in total. The Morgan fingerprint density at radius 3 is 1.33 bits per heavy atom. The van der Waals surface area contributed by atoms with Crippen LogP contribution in [0.3, 0.4) is 0 Å². The fraction of sp³-hybridized carbons (Fsp3) is 0.935. The second-order valence-electron chi connectivity index (χ2n) is 29.3. The van der Waals surface area contributed by atoms with Gasteiger partial charge in [0.15, 0.2) is 12.6 Å². The van der Waals surface area contributed by atoms with Crippen molar-refractivity contribution in [3.05, 3.63) is 12.2 Å². The maximum atomic E-state index is 13.5. The van der Waals surface area contributed by atoms with Crippen LogP contribution >= 0.6 is 0 Å². The number of nitrogens with one attached hydrogen (secondary N) is 2. The standard InChI is InChI=1S/C77H144N2O21/c1-4-6-8-10-12-14-16-18-19-20-21-22-23-24-25-26-27-28-29-30-31-32-33-34-35-36-37-39-41-43-45-47-49-51-64(87)79-58(59(84)50-48-46-44-42-40-38-17-15-13-11-9-7-5-2)56-95-74-69(91)68(90)71(63(55-82)97-74)98-75-70(92)73(67(89)62(54-81)96-75)100-77(76(93)94)52-60(85)65(78-57(3)83)72(99-77)66(88)61(86)53-80/h48,50,58-63,65-75,80-82,84-86,88-92H,4-47,49,51-56H2,1-3H3,(H,78,83)(H,79,87)(H,93,94)/b50-48+. The summed E-state index contributed by atoms with van der Waals surface area (Å²) in [7, 11) is 0. The molecule has 0 aromatic rings. The molecule has 0 saturated carbocycles.